The molecule has 1 rings (SSSR count). The zero-order chi connectivity index (χ0) is 18.2. The summed E-state index contributed by atoms with van der Waals surface area (Å²) in [5.41, 5.74) is 0.432. The number of carboxylic acid groups (broad SMARTS) is 1. The van der Waals surface area contributed by atoms with Gasteiger partial charge in [-0.3, -0.25) is 0 Å². The Morgan fingerprint density at radius 2 is 1.54 bits per heavy atom. The number of hydrogen-bond acceptors (Lipinski definition) is 4. The minimum Gasteiger partial charge on any atom is -0.530 e. The molecule has 1 aromatic carbocycles. The van der Waals surface area contributed by atoms with Crippen LogP contribution >= 0.6 is 0 Å². The highest BCUT2D eigenvalue weighted by atomic mass is 32.2. The molecule has 136 valence electrons. The third-order valence-electron chi connectivity index (χ3n) is 3.88. The van der Waals surface area contributed by atoms with Crippen LogP contribution in [0.3, 0.4) is 0 Å². The Bertz CT molecular complexity index is 612. The Kier molecular flexibility index (Phi) is 8.21. The molecule has 1 aromatic rings. The summed E-state index contributed by atoms with van der Waals surface area (Å²) in [7, 11) is -0.610. The second-order valence-electron chi connectivity index (χ2n) is 5.97. The van der Waals surface area contributed by atoms with E-state index in [9.17, 15) is 18.3 Å². The molecule has 0 aliphatic heterocycles. The number of unbranched alkanes of at least 4 members (excludes halogenated alkanes) is 5. The highest BCUT2D eigenvalue weighted by Gasteiger charge is 2.17. The predicted octanol–water partition coefficient (Wildman–Crippen LogP) is 2.45. The SMILES string of the molecule is CCCCCCCCN(C(=O)[O-])c1ccc(S(=O)(=O)N(C)C)cc1. The van der Waals surface area contributed by atoms with Crippen LogP contribution in [-0.2, 0) is 10.0 Å². The Morgan fingerprint density at radius 1 is 1.00 bits per heavy atom. The highest BCUT2D eigenvalue weighted by Crippen LogP contribution is 2.20. The van der Waals surface area contributed by atoms with Crippen LogP contribution in [0.4, 0.5) is 10.5 Å². The molecule has 6 nitrogen and oxygen atoms in total. The maximum atomic E-state index is 12.0. The summed E-state index contributed by atoms with van der Waals surface area (Å²) < 4.78 is 25.2. The molecule has 0 unspecified atom stereocenters. The first-order chi connectivity index (χ1) is 11.3. The van der Waals surface area contributed by atoms with E-state index in [0.717, 1.165) is 28.5 Å². The molecule has 0 spiro atoms. The molecule has 0 saturated heterocycles. The van der Waals surface area contributed by atoms with Gasteiger partial charge in [-0.15, -0.1) is 0 Å². The number of rotatable bonds is 10. The lowest BCUT2D eigenvalue weighted by molar-refractivity contribution is -0.246. The van der Waals surface area contributed by atoms with Crippen LogP contribution in [0.25, 0.3) is 0 Å². The van der Waals surface area contributed by atoms with Crippen LogP contribution in [0.1, 0.15) is 45.4 Å². The molecule has 0 fully saturated rings. The number of nitrogens with zero attached hydrogens (tertiary/aromatic N) is 2. The minimum atomic E-state index is -3.52. The fraction of sp³-hybridized carbons (Fsp3) is 0.588. The summed E-state index contributed by atoms with van der Waals surface area (Å²) in [6.07, 6.45) is 5.09. The second kappa shape index (κ2) is 9.64. The Labute approximate surface area is 145 Å². The minimum absolute atomic E-state index is 0.133. The van der Waals surface area contributed by atoms with Crippen LogP contribution in [-0.4, -0.2) is 39.5 Å². The van der Waals surface area contributed by atoms with Crippen molar-refractivity contribution in [3.8, 4) is 0 Å². The summed E-state index contributed by atoms with van der Waals surface area (Å²) in [6.45, 7) is 2.51. The average Bonchev–Trinajstić information content (AvgIpc) is 2.54. The van der Waals surface area contributed by atoms with Gasteiger partial charge in [-0.05, 0) is 30.7 Å². The van der Waals surface area contributed by atoms with Crippen LogP contribution in [0.5, 0.6) is 0 Å². The number of amides is 1. The average molecular weight is 355 g/mol. The van der Waals surface area contributed by atoms with Gasteiger partial charge in [0.25, 0.3) is 0 Å². The van der Waals surface area contributed by atoms with Crippen LogP contribution < -0.4 is 10.0 Å². The fourth-order valence-electron chi connectivity index (χ4n) is 2.38. The molecule has 0 N–H and O–H groups in total. The summed E-state index contributed by atoms with van der Waals surface area (Å²) in [6, 6.07) is 5.84. The number of carbonyl (C=O) groups is 1. The number of hydrogen-bond donors (Lipinski definition) is 0. The molecule has 7 heteroatoms. The van der Waals surface area contributed by atoms with Gasteiger partial charge in [0.15, 0.2) is 0 Å². The first-order valence-corrected chi connectivity index (χ1v) is 9.75. The Balaban J connectivity index is 2.71. The lowest BCUT2D eigenvalue weighted by Gasteiger charge is -2.25. The second-order valence-corrected chi connectivity index (χ2v) is 8.12. The molecule has 24 heavy (non-hydrogen) atoms. The molecule has 0 saturated carbocycles. The maximum absolute atomic E-state index is 12.0. The lowest BCUT2D eigenvalue weighted by Crippen LogP contribution is -2.42. The molecular formula is C17H27N2O4S-. The summed E-state index contributed by atoms with van der Waals surface area (Å²) in [5.74, 6) is 0. The largest absolute Gasteiger partial charge is 0.530 e. The fourth-order valence-corrected chi connectivity index (χ4v) is 3.29. The molecule has 0 heterocycles. The zero-order valence-electron chi connectivity index (χ0n) is 14.7. The summed E-state index contributed by atoms with van der Waals surface area (Å²) >= 11 is 0. The van der Waals surface area contributed by atoms with E-state index in [1.165, 1.54) is 57.6 Å². The van der Waals surface area contributed by atoms with E-state index in [-0.39, 0.29) is 4.90 Å². The summed E-state index contributed by atoms with van der Waals surface area (Å²) in [4.78, 5) is 12.6. The Hall–Kier alpha value is -1.60. The third-order valence-corrected chi connectivity index (χ3v) is 5.71. The van der Waals surface area contributed by atoms with Gasteiger partial charge in [0.2, 0.25) is 10.0 Å². The van der Waals surface area contributed by atoms with Crippen molar-refractivity contribution < 1.29 is 18.3 Å². The van der Waals surface area contributed by atoms with Crippen molar-refractivity contribution in [1.82, 2.24) is 4.31 Å². The quantitative estimate of drug-likeness (QED) is 0.604. The number of sulfonamides is 1. The zero-order valence-corrected chi connectivity index (χ0v) is 15.5. The Morgan fingerprint density at radius 3 is 2.04 bits per heavy atom. The van der Waals surface area contributed by atoms with E-state index < -0.39 is 16.1 Å². The number of carbonyl (C=O) groups excluding carboxylic acids is 1. The van der Waals surface area contributed by atoms with E-state index >= 15 is 0 Å². The number of anilines is 1. The lowest BCUT2D eigenvalue weighted by atomic mass is 10.1. The van der Waals surface area contributed by atoms with Gasteiger partial charge in [-0.25, -0.2) is 12.7 Å². The van der Waals surface area contributed by atoms with Crippen LogP contribution in [0.15, 0.2) is 29.2 Å². The van der Waals surface area contributed by atoms with Gasteiger partial charge >= 0.3 is 0 Å². The topological polar surface area (TPSA) is 80.8 Å². The van der Waals surface area contributed by atoms with E-state index in [1.807, 2.05) is 0 Å². The van der Waals surface area contributed by atoms with Crippen LogP contribution in [0, 0.1) is 0 Å². The number of benzene rings is 1. The molecule has 0 aliphatic carbocycles. The standard InChI is InChI=1S/C17H28N2O4S/c1-4-5-6-7-8-9-14-19(17(20)21)15-10-12-16(13-11-15)24(22,23)18(2)3/h10-13H,4-9,14H2,1-3H3,(H,20,21)/p-1. The molecular weight excluding hydrogens is 328 g/mol. The summed E-state index contributed by atoms with van der Waals surface area (Å²) in [5, 5.41) is 11.3. The first-order valence-electron chi connectivity index (χ1n) is 8.31. The first kappa shape index (κ1) is 20.4. The van der Waals surface area contributed by atoms with Crippen molar-refractivity contribution in [1.29, 1.82) is 0 Å². The van der Waals surface area contributed by atoms with Gasteiger partial charge in [0.05, 0.1) is 4.90 Å². The van der Waals surface area contributed by atoms with E-state index in [0.29, 0.717) is 12.2 Å². The highest BCUT2D eigenvalue weighted by molar-refractivity contribution is 7.89. The van der Waals surface area contributed by atoms with Crippen molar-refractivity contribution in [2.75, 3.05) is 25.5 Å². The van der Waals surface area contributed by atoms with Crippen molar-refractivity contribution in [3.63, 3.8) is 0 Å². The molecule has 0 aliphatic rings. The van der Waals surface area contributed by atoms with Crippen LogP contribution in [0.2, 0.25) is 0 Å². The predicted molar refractivity (Wildman–Crippen MR) is 93.4 cm³/mol. The molecule has 0 bridgehead atoms. The normalized spacial score (nSPS) is 11.7. The van der Waals surface area contributed by atoms with E-state index in [2.05, 4.69) is 6.92 Å². The van der Waals surface area contributed by atoms with Crippen molar-refractivity contribution in [3.05, 3.63) is 24.3 Å². The third kappa shape index (κ3) is 5.79. The van der Waals surface area contributed by atoms with E-state index in [1.54, 1.807) is 0 Å². The smallest absolute Gasteiger partial charge is 0.242 e. The van der Waals surface area contributed by atoms with Gasteiger partial charge in [0, 0.05) is 26.3 Å². The molecule has 1 amide bonds. The van der Waals surface area contributed by atoms with Gasteiger partial charge in [0.1, 0.15) is 6.09 Å². The monoisotopic (exact) mass is 355 g/mol. The van der Waals surface area contributed by atoms with Gasteiger partial charge in [-0.2, -0.15) is 0 Å². The molecule has 0 aromatic heterocycles. The van der Waals surface area contributed by atoms with Crippen molar-refractivity contribution in [2.45, 2.75) is 50.3 Å². The van der Waals surface area contributed by atoms with Crippen molar-refractivity contribution in [2.24, 2.45) is 0 Å². The molecule has 0 radical (unpaired) electrons. The van der Waals surface area contributed by atoms with E-state index in [4.69, 9.17) is 0 Å². The van der Waals surface area contributed by atoms with Gasteiger partial charge in [-0.1, -0.05) is 39.0 Å². The molecule has 0 atom stereocenters. The van der Waals surface area contributed by atoms with Gasteiger partial charge < -0.3 is 14.8 Å². The van der Waals surface area contributed by atoms with Crippen molar-refractivity contribution >= 4 is 21.8 Å². The maximum Gasteiger partial charge on any atom is 0.242 e.